The molecule has 3 heteroatoms. The molecule has 0 aliphatic heterocycles. The number of rotatable bonds is 3. The van der Waals surface area contributed by atoms with E-state index in [2.05, 4.69) is 5.32 Å². The van der Waals surface area contributed by atoms with Crippen molar-refractivity contribution in [3.05, 3.63) is 35.4 Å². The fourth-order valence-electron chi connectivity index (χ4n) is 1.19. The molecule has 14 heavy (non-hydrogen) atoms. The molecule has 0 bridgehead atoms. The van der Waals surface area contributed by atoms with Crippen molar-refractivity contribution >= 4 is 5.91 Å². The number of nitrogens with one attached hydrogen (secondary N) is 1. The van der Waals surface area contributed by atoms with Crippen LogP contribution in [0.5, 0.6) is 0 Å². The molecule has 0 radical (unpaired) electrons. The van der Waals surface area contributed by atoms with Gasteiger partial charge in [-0.1, -0.05) is 18.2 Å². The number of benzene rings is 1. The highest BCUT2D eigenvalue weighted by atomic mass is 16.1. The molecule has 0 saturated heterocycles. The molecular formula is C11H16N2O. The first-order valence-corrected chi connectivity index (χ1v) is 4.71. The Balaban J connectivity index is 2.75. The van der Waals surface area contributed by atoms with Crippen LogP contribution in [0.2, 0.25) is 0 Å². The van der Waals surface area contributed by atoms with E-state index in [1.54, 1.807) is 0 Å². The van der Waals surface area contributed by atoms with Crippen LogP contribution in [0.3, 0.4) is 0 Å². The van der Waals surface area contributed by atoms with Gasteiger partial charge in [-0.25, -0.2) is 0 Å². The van der Waals surface area contributed by atoms with Crippen LogP contribution in [0, 0.1) is 6.92 Å². The Kier molecular flexibility index (Phi) is 3.65. The van der Waals surface area contributed by atoms with E-state index < -0.39 is 0 Å². The molecule has 1 amide bonds. The smallest absolute Gasteiger partial charge is 0.251 e. The first-order valence-electron chi connectivity index (χ1n) is 4.71. The van der Waals surface area contributed by atoms with Crippen LogP contribution in [-0.2, 0) is 0 Å². The van der Waals surface area contributed by atoms with Gasteiger partial charge in [0, 0.05) is 18.2 Å². The summed E-state index contributed by atoms with van der Waals surface area (Å²) in [5.74, 6) is -0.0546. The summed E-state index contributed by atoms with van der Waals surface area (Å²) >= 11 is 0. The maximum Gasteiger partial charge on any atom is 0.251 e. The maximum absolute atomic E-state index is 11.7. The largest absolute Gasteiger partial charge is 0.348 e. The van der Waals surface area contributed by atoms with E-state index in [-0.39, 0.29) is 11.9 Å². The Morgan fingerprint density at radius 1 is 1.50 bits per heavy atom. The minimum Gasteiger partial charge on any atom is -0.348 e. The van der Waals surface area contributed by atoms with Crippen molar-refractivity contribution in [2.75, 3.05) is 6.54 Å². The zero-order valence-electron chi connectivity index (χ0n) is 8.58. The van der Waals surface area contributed by atoms with Gasteiger partial charge in [-0.05, 0) is 25.5 Å². The van der Waals surface area contributed by atoms with E-state index in [4.69, 9.17) is 5.73 Å². The van der Waals surface area contributed by atoms with Crippen molar-refractivity contribution in [3.63, 3.8) is 0 Å². The minimum atomic E-state index is -0.0546. The highest BCUT2D eigenvalue weighted by molar-refractivity contribution is 5.95. The predicted octanol–water partition coefficient (Wildman–Crippen LogP) is 1.07. The lowest BCUT2D eigenvalue weighted by Gasteiger charge is -2.12. The SMILES string of the molecule is Cc1ccccc1C(=O)N[C@H](C)CN. The van der Waals surface area contributed by atoms with Gasteiger partial charge in [-0.3, -0.25) is 4.79 Å². The van der Waals surface area contributed by atoms with Gasteiger partial charge in [0.1, 0.15) is 0 Å². The zero-order chi connectivity index (χ0) is 10.6. The third-order valence-corrected chi connectivity index (χ3v) is 2.12. The van der Waals surface area contributed by atoms with Crippen LogP contribution in [-0.4, -0.2) is 18.5 Å². The second-order valence-electron chi connectivity index (χ2n) is 3.43. The summed E-state index contributed by atoms with van der Waals surface area (Å²) in [7, 11) is 0. The molecule has 3 nitrogen and oxygen atoms in total. The van der Waals surface area contributed by atoms with E-state index >= 15 is 0 Å². The van der Waals surface area contributed by atoms with Crippen molar-refractivity contribution in [2.45, 2.75) is 19.9 Å². The molecule has 0 aliphatic rings. The van der Waals surface area contributed by atoms with Crippen LogP contribution >= 0.6 is 0 Å². The zero-order valence-corrected chi connectivity index (χ0v) is 8.58. The topological polar surface area (TPSA) is 55.1 Å². The first kappa shape index (κ1) is 10.7. The van der Waals surface area contributed by atoms with Crippen LogP contribution in [0.4, 0.5) is 0 Å². The van der Waals surface area contributed by atoms with Gasteiger partial charge in [0.2, 0.25) is 0 Å². The van der Waals surface area contributed by atoms with Gasteiger partial charge in [0.15, 0.2) is 0 Å². The number of nitrogens with two attached hydrogens (primary N) is 1. The maximum atomic E-state index is 11.7. The lowest BCUT2D eigenvalue weighted by Crippen LogP contribution is -2.38. The summed E-state index contributed by atoms with van der Waals surface area (Å²) < 4.78 is 0. The average Bonchev–Trinajstić information content (AvgIpc) is 2.18. The van der Waals surface area contributed by atoms with E-state index in [1.807, 2.05) is 38.1 Å². The summed E-state index contributed by atoms with van der Waals surface area (Å²) in [5, 5.41) is 2.82. The molecule has 76 valence electrons. The number of hydrogen-bond acceptors (Lipinski definition) is 2. The summed E-state index contributed by atoms with van der Waals surface area (Å²) in [4.78, 5) is 11.7. The Bertz CT molecular complexity index is 323. The molecule has 1 atom stereocenters. The van der Waals surface area contributed by atoms with E-state index in [0.717, 1.165) is 5.56 Å². The van der Waals surface area contributed by atoms with Gasteiger partial charge < -0.3 is 11.1 Å². The van der Waals surface area contributed by atoms with Crippen molar-refractivity contribution in [1.29, 1.82) is 0 Å². The van der Waals surface area contributed by atoms with Crippen molar-refractivity contribution in [3.8, 4) is 0 Å². The molecule has 0 aliphatic carbocycles. The van der Waals surface area contributed by atoms with Crippen molar-refractivity contribution < 1.29 is 4.79 Å². The van der Waals surface area contributed by atoms with E-state index in [1.165, 1.54) is 0 Å². The highest BCUT2D eigenvalue weighted by Crippen LogP contribution is 2.06. The highest BCUT2D eigenvalue weighted by Gasteiger charge is 2.09. The Hall–Kier alpha value is -1.35. The quantitative estimate of drug-likeness (QED) is 0.752. The third kappa shape index (κ3) is 2.57. The Morgan fingerprint density at radius 2 is 2.14 bits per heavy atom. The summed E-state index contributed by atoms with van der Waals surface area (Å²) in [6.45, 7) is 4.26. The van der Waals surface area contributed by atoms with E-state index in [9.17, 15) is 4.79 Å². The average molecular weight is 192 g/mol. The number of carbonyl (C=O) groups is 1. The Morgan fingerprint density at radius 3 is 2.71 bits per heavy atom. The second kappa shape index (κ2) is 4.77. The van der Waals surface area contributed by atoms with Gasteiger partial charge in [-0.15, -0.1) is 0 Å². The van der Waals surface area contributed by atoms with Gasteiger partial charge in [0.05, 0.1) is 0 Å². The number of aryl methyl sites for hydroxylation is 1. The normalized spacial score (nSPS) is 12.2. The molecule has 1 rings (SSSR count). The van der Waals surface area contributed by atoms with Crippen molar-refractivity contribution in [1.82, 2.24) is 5.32 Å². The fourth-order valence-corrected chi connectivity index (χ4v) is 1.19. The first-order chi connectivity index (χ1) is 6.65. The standard InChI is InChI=1S/C11H16N2O/c1-8-5-3-4-6-10(8)11(14)13-9(2)7-12/h3-6,9H,7,12H2,1-2H3,(H,13,14)/t9-/m1/s1. The summed E-state index contributed by atoms with van der Waals surface area (Å²) in [6.07, 6.45) is 0. The van der Waals surface area contributed by atoms with Gasteiger partial charge >= 0.3 is 0 Å². The lowest BCUT2D eigenvalue weighted by molar-refractivity contribution is 0.0940. The fraction of sp³-hybridized carbons (Fsp3) is 0.364. The van der Waals surface area contributed by atoms with Gasteiger partial charge in [-0.2, -0.15) is 0 Å². The summed E-state index contributed by atoms with van der Waals surface area (Å²) in [6, 6.07) is 7.52. The third-order valence-electron chi connectivity index (χ3n) is 2.12. The molecule has 0 unspecified atom stereocenters. The molecule has 0 fully saturated rings. The molecule has 0 heterocycles. The number of carbonyl (C=O) groups excluding carboxylic acids is 1. The summed E-state index contributed by atoms with van der Waals surface area (Å²) in [5.41, 5.74) is 7.12. The lowest BCUT2D eigenvalue weighted by atomic mass is 10.1. The molecule has 3 N–H and O–H groups in total. The predicted molar refractivity (Wildman–Crippen MR) is 57.2 cm³/mol. The second-order valence-corrected chi connectivity index (χ2v) is 3.43. The van der Waals surface area contributed by atoms with Gasteiger partial charge in [0.25, 0.3) is 5.91 Å². The minimum absolute atomic E-state index is 0.0158. The molecular weight excluding hydrogens is 176 g/mol. The van der Waals surface area contributed by atoms with Crippen molar-refractivity contribution in [2.24, 2.45) is 5.73 Å². The Labute approximate surface area is 84.3 Å². The van der Waals surface area contributed by atoms with E-state index in [0.29, 0.717) is 12.1 Å². The number of hydrogen-bond donors (Lipinski definition) is 2. The van der Waals surface area contributed by atoms with Crippen LogP contribution in [0.15, 0.2) is 24.3 Å². The molecule has 0 aromatic heterocycles. The molecule has 1 aromatic carbocycles. The number of amides is 1. The van der Waals surface area contributed by atoms with Crippen LogP contribution in [0.1, 0.15) is 22.8 Å². The monoisotopic (exact) mass is 192 g/mol. The molecule has 0 spiro atoms. The molecule has 0 saturated carbocycles. The van der Waals surface area contributed by atoms with Crippen LogP contribution < -0.4 is 11.1 Å². The van der Waals surface area contributed by atoms with Crippen LogP contribution in [0.25, 0.3) is 0 Å². The molecule has 1 aromatic rings.